The lowest BCUT2D eigenvalue weighted by Crippen LogP contribution is -2.35. The van der Waals surface area contributed by atoms with Gasteiger partial charge in [0, 0.05) is 45.1 Å². The smallest absolute Gasteiger partial charge is 0.224 e. The van der Waals surface area contributed by atoms with Crippen LogP contribution in [0.25, 0.3) is 0 Å². The number of rotatable bonds is 6. The summed E-state index contributed by atoms with van der Waals surface area (Å²) < 4.78 is 5.25. The number of ether oxygens (including phenoxy) is 1. The predicted octanol–water partition coefficient (Wildman–Crippen LogP) is 2.47. The molecule has 0 atom stereocenters. The fourth-order valence-corrected chi connectivity index (χ4v) is 2.59. The van der Waals surface area contributed by atoms with Gasteiger partial charge in [-0.3, -0.25) is 0 Å². The van der Waals surface area contributed by atoms with Gasteiger partial charge in [-0.2, -0.15) is 4.98 Å². The van der Waals surface area contributed by atoms with Crippen molar-refractivity contribution in [2.24, 2.45) is 5.92 Å². The third-order valence-corrected chi connectivity index (χ3v) is 3.71. The zero-order valence-electron chi connectivity index (χ0n) is 12.9. The normalized spacial score (nSPS) is 16.4. The fraction of sp³-hybridized carbons (Fsp3) is 0.733. The van der Waals surface area contributed by atoms with Crippen LogP contribution in [-0.2, 0) is 4.74 Å². The molecule has 0 bridgehead atoms. The second-order valence-corrected chi connectivity index (χ2v) is 5.50. The number of aromatic nitrogens is 2. The molecule has 0 aliphatic carbocycles. The molecule has 0 amide bonds. The van der Waals surface area contributed by atoms with Gasteiger partial charge < -0.3 is 15.0 Å². The number of hydrogen-bond acceptors (Lipinski definition) is 5. The summed E-state index contributed by atoms with van der Waals surface area (Å²) in [6.45, 7) is 8.07. The molecule has 1 aromatic heterocycles. The molecule has 1 aromatic rings. The summed E-state index contributed by atoms with van der Waals surface area (Å²) in [5.41, 5.74) is 1.02. The Morgan fingerprint density at radius 1 is 1.35 bits per heavy atom. The van der Waals surface area contributed by atoms with E-state index < -0.39 is 0 Å². The molecule has 1 aliphatic rings. The minimum absolute atomic E-state index is 0.692. The largest absolute Gasteiger partial charge is 0.384 e. The van der Waals surface area contributed by atoms with Gasteiger partial charge in [-0.15, -0.1) is 0 Å². The lowest BCUT2D eigenvalue weighted by Gasteiger charge is -2.32. The maximum Gasteiger partial charge on any atom is 0.224 e. The van der Waals surface area contributed by atoms with Crippen LogP contribution in [-0.4, -0.2) is 43.3 Å². The van der Waals surface area contributed by atoms with E-state index in [9.17, 15) is 0 Å². The van der Waals surface area contributed by atoms with Gasteiger partial charge in [0.15, 0.2) is 0 Å². The number of piperidine rings is 1. The highest BCUT2D eigenvalue weighted by Gasteiger charge is 2.20. The van der Waals surface area contributed by atoms with E-state index in [1.54, 1.807) is 7.11 Å². The number of nitrogens with one attached hydrogen (secondary N) is 1. The molecule has 112 valence electrons. The van der Waals surface area contributed by atoms with Crippen molar-refractivity contribution in [3.05, 3.63) is 11.8 Å². The number of anilines is 2. The summed E-state index contributed by atoms with van der Waals surface area (Å²) in [6, 6.07) is 2.08. The van der Waals surface area contributed by atoms with Crippen molar-refractivity contribution < 1.29 is 4.74 Å². The molecule has 20 heavy (non-hydrogen) atoms. The van der Waals surface area contributed by atoms with E-state index in [1.807, 2.05) is 6.92 Å². The Morgan fingerprint density at radius 3 is 2.75 bits per heavy atom. The van der Waals surface area contributed by atoms with E-state index >= 15 is 0 Å². The van der Waals surface area contributed by atoms with Crippen molar-refractivity contribution in [2.45, 2.75) is 33.1 Å². The highest BCUT2D eigenvalue weighted by Crippen LogP contribution is 2.23. The standard InChI is InChI=1S/C15H26N4O/c1-4-7-16-15-17-12(2)10-14(18-15)19-8-5-13(6-9-19)11-20-3/h10,13H,4-9,11H2,1-3H3,(H,16,17,18). The zero-order chi connectivity index (χ0) is 14.4. The lowest BCUT2D eigenvalue weighted by atomic mass is 9.98. The molecule has 0 saturated carbocycles. The van der Waals surface area contributed by atoms with Crippen LogP contribution in [0.4, 0.5) is 11.8 Å². The highest BCUT2D eigenvalue weighted by atomic mass is 16.5. The van der Waals surface area contributed by atoms with Crippen LogP contribution in [0.3, 0.4) is 0 Å². The summed E-state index contributed by atoms with van der Waals surface area (Å²) in [7, 11) is 1.78. The van der Waals surface area contributed by atoms with Gasteiger partial charge in [-0.1, -0.05) is 6.92 Å². The first-order chi connectivity index (χ1) is 9.72. The Balaban J connectivity index is 2.00. The zero-order valence-corrected chi connectivity index (χ0v) is 12.9. The van der Waals surface area contributed by atoms with Crippen molar-refractivity contribution in [3.8, 4) is 0 Å². The molecule has 1 fully saturated rings. The molecular formula is C15H26N4O. The van der Waals surface area contributed by atoms with Crippen LogP contribution in [0.2, 0.25) is 0 Å². The average molecular weight is 278 g/mol. The molecule has 1 N–H and O–H groups in total. The molecule has 5 nitrogen and oxygen atoms in total. The third-order valence-electron chi connectivity index (χ3n) is 3.71. The Kier molecular flexibility index (Phi) is 5.59. The van der Waals surface area contributed by atoms with Crippen molar-refractivity contribution in [2.75, 3.05) is 43.6 Å². The minimum atomic E-state index is 0.692. The van der Waals surface area contributed by atoms with Crippen LogP contribution in [0.1, 0.15) is 31.9 Å². The fourth-order valence-electron chi connectivity index (χ4n) is 2.59. The Bertz CT molecular complexity index is 416. The van der Waals surface area contributed by atoms with Gasteiger partial charge >= 0.3 is 0 Å². The number of aryl methyl sites for hydroxylation is 1. The number of hydrogen-bond donors (Lipinski definition) is 1. The van der Waals surface area contributed by atoms with Crippen molar-refractivity contribution in [1.82, 2.24) is 9.97 Å². The van der Waals surface area contributed by atoms with Crippen LogP contribution < -0.4 is 10.2 Å². The summed E-state index contributed by atoms with van der Waals surface area (Å²) in [5.74, 6) is 2.49. The minimum Gasteiger partial charge on any atom is -0.384 e. The summed E-state index contributed by atoms with van der Waals surface area (Å²) in [6.07, 6.45) is 3.43. The predicted molar refractivity (Wildman–Crippen MR) is 82.4 cm³/mol. The van der Waals surface area contributed by atoms with E-state index in [1.165, 1.54) is 12.8 Å². The Morgan fingerprint density at radius 2 is 2.10 bits per heavy atom. The van der Waals surface area contributed by atoms with E-state index in [4.69, 9.17) is 4.74 Å². The molecule has 5 heteroatoms. The van der Waals surface area contributed by atoms with Gasteiger partial charge in [-0.25, -0.2) is 4.98 Å². The second-order valence-electron chi connectivity index (χ2n) is 5.50. The average Bonchev–Trinajstić information content (AvgIpc) is 2.46. The molecule has 2 rings (SSSR count). The topological polar surface area (TPSA) is 50.3 Å². The molecule has 0 aromatic carbocycles. The monoisotopic (exact) mass is 278 g/mol. The first-order valence-corrected chi connectivity index (χ1v) is 7.56. The summed E-state index contributed by atoms with van der Waals surface area (Å²) in [5, 5.41) is 3.27. The number of methoxy groups -OCH3 is 1. The first kappa shape index (κ1) is 15.0. The van der Waals surface area contributed by atoms with Crippen LogP contribution in [0, 0.1) is 12.8 Å². The Labute approximate surface area is 121 Å². The van der Waals surface area contributed by atoms with Gasteiger partial charge in [-0.05, 0) is 32.1 Å². The van der Waals surface area contributed by atoms with Gasteiger partial charge in [0.1, 0.15) is 5.82 Å². The second kappa shape index (κ2) is 7.43. The first-order valence-electron chi connectivity index (χ1n) is 7.56. The van der Waals surface area contributed by atoms with Gasteiger partial charge in [0.25, 0.3) is 0 Å². The SMILES string of the molecule is CCCNc1nc(C)cc(N2CCC(COC)CC2)n1. The molecule has 0 radical (unpaired) electrons. The van der Waals surface area contributed by atoms with Crippen molar-refractivity contribution >= 4 is 11.8 Å². The maximum absolute atomic E-state index is 5.25. The molecule has 0 spiro atoms. The van der Waals surface area contributed by atoms with Crippen LogP contribution >= 0.6 is 0 Å². The van der Waals surface area contributed by atoms with Crippen LogP contribution in [0.5, 0.6) is 0 Å². The molecule has 1 aliphatic heterocycles. The maximum atomic E-state index is 5.25. The quantitative estimate of drug-likeness (QED) is 0.866. The van der Waals surface area contributed by atoms with E-state index in [0.717, 1.165) is 50.1 Å². The van der Waals surface area contributed by atoms with E-state index in [-0.39, 0.29) is 0 Å². The third kappa shape index (κ3) is 4.07. The lowest BCUT2D eigenvalue weighted by molar-refractivity contribution is 0.139. The summed E-state index contributed by atoms with van der Waals surface area (Å²) in [4.78, 5) is 11.4. The van der Waals surface area contributed by atoms with Gasteiger partial charge in [0.05, 0.1) is 0 Å². The van der Waals surface area contributed by atoms with Crippen molar-refractivity contribution in [1.29, 1.82) is 0 Å². The van der Waals surface area contributed by atoms with E-state index in [2.05, 4.69) is 33.2 Å². The van der Waals surface area contributed by atoms with E-state index in [0.29, 0.717) is 5.92 Å². The molecule has 0 unspecified atom stereocenters. The molecule has 1 saturated heterocycles. The molecule has 2 heterocycles. The van der Waals surface area contributed by atoms with Crippen molar-refractivity contribution in [3.63, 3.8) is 0 Å². The van der Waals surface area contributed by atoms with Crippen LogP contribution in [0.15, 0.2) is 6.07 Å². The van der Waals surface area contributed by atoms with Gasteiger partial charge in [0.2, 0.25) is 5.95 Å². The summed E-state index contributed by atoms with van der Waals surface area (Å²) >= 11 is 0. The highest BCUT2D eigenvalue weighted by molar-refractivity contribution is 5.45. The number of nitrogens with zero attached hydrogens (tertiary/aromatic N) is 3. The Hall–Kier alpha value is -1.36. The molecular weight excluding hydrogens is 252 g/mol.